The van der Waals surface area contributed by atoms with Gasteiger partial charge in [0.15, 0.2) is 11.5 Å². The second-order valence-electron chi connectivity index (χ2n) is 1.92. The Morgan fingerprint density at radius 1 is 1.21 bits per heavy atom. The van der Waals surface area contributed by atoms with Crippen LogP contribution in [0.15, 0.2) is 15.0 Å². The number of imide groups is 1. The predicted octanol–water partition coefficient (Wildman–Crippen LogP) is -2.47. The zero-order valence-corrected chi connectivity index (χ0v) is 11.7. The van der Waals surface area contributed by atoms with Gasteiger partial charge in [0.05, 0.1) is 0 Å². The number of nitrogens with zero attached hydrogens (tertiary/aromatic N) is 3. The van der Waals surface area contributed by atoms with Crippen LogP contribution in [0, 0.1) is 0 Å². The topological polar surface area (TPSA) is 115 Å². The number of amides is 3. The first-order valence-corrected chi connectivity index (χ1v) is 2.82. The zero-order valence-electron chi connectivity index (χ0n) is 7.74. The molecule has 0 aromatic rings. The summed E-state index contributed by atoms with van der Waals surface area (Å²) in [6.45, 7) is 0. The predicted molar refractivity (Wildman–Crippen MR) is 52.0 cm³/mol. The van der Waals surface area contributed by atoms with E-state index in [1.54, 1.807) is 0 Å². The minimum Gasteiger partial charge on any atom is -0.412 e. The Kier molecular flexibility index (Phi) is 7.76. The monoisotopic (exact) mass is 214 g/mol. The molecule has 2 rings (SSSR count). The van der Waals surface area contributed by atoms with Gasteiger partial charge in [0.1, 0.15) is 6.34 Å². The van der Waals surface area contributed by atoms with Crippen LogP contribution in [-0.2, 0) is 4.79 Å². The van der Waals surface area contributed by atoms with Crippen LogP contribution in [0.5, 0.6) is 0 Å². The molecule has 0 saturated carbocycles. The van der Waals surface area contributed by atoms with Gasteiger partial charge in [-0.25, -0.2) is 14.8 Å². The molecule has 0 spiro atoms. The van der Waals surface area contributed by atoms with E-state index in [9.17, 15) is 9.59 Å². The summed E-state index contributed by atoms with van der Waals surface area (Å²) in [7, 11) is 0. The van der Waals surface area contributed by atoms with Crippen molar-refractivity contribution in [2.45, 2.75) is 0 Å². The van der Waals surface area contributed by atoms with E-state index >= 15 is 0 Å². The maximum Gasteiger partial charge on any atom is 0.350 e. The van der Waals surface area contributed by atoms with Crippen LogP contribution in [0.25, 0.3) is 0 Å². The van der Waals surface area contributed by atoms with Gasteiger partial charge in [-0.15, -0.1) is 0 Å². The first-order chi connectivity index (χ1) is 5.27. The van der Waals surface area contributed by atoms with E-state index in [1.807, 2.05) is 5.32 Å². The van der Waals surface area contributed by atoms with Crippen molar-refractivity contribution < 1.29 is 15.1 Å². The molecular formula is C5H4N4Na2O3. The van der Waals surface area contributed by atoms with E-state index < -0.39 is 11.9 Å². The van der Waals surface area contributed by atoms with Gasteiger partial charge >= 0.3 is 6.03 Å². The van der Waals surface area contributed by atoms with Gasteiger partial charge in [0, 0.05) is 59.1 Å². The summed E-state index contributed by atoms with van der Waals surface area (Å²) in [5.41, 5.74) is 0.101. The molecule has 7 nitrogen and oxygen atoms in total. The van der Waals surface area contributed by atoms with Crippen LogP contribution in [-0.4, -0.2) is 94.4 Å². The van der Waals surface area contributed by atoms with Gasteiger partial charge in [-0.2, -0.15) is 4.99 Å². The Morgan fingerprint density at radius 3 is 2.50 bits per heavy atom. The number of hydrogen-bond donors (Lipinski definition) is 1. The summed E-state index contributed by atoms with van der Waals surface area (Å²) in [5, 5.41) is 1.97. The smallest absolute Gasteiger partial charge is 0.350 e. The summed E-state index contributed by atoms with van der Waals surface area (Å²) < 4.78 is 0. The number of fused-ring (bicyclic) bond motifs is 1. The van der Waals surface area contributed by atoms with Crippen LogP contribution < -0.4 is 5.32 Å². The Morgan fingerprint density at radius 2 is 1.86 bits per heavy atom. The number of urea groups is 1. The SMILES string of the molecule is O.O=C1N=C2N=CN=C2C(=O)N1.[Na].[Na]. The maximum absolute atomic E-state index is 10.9. The van der Waals surface area contributed by atoms with Crippen molar-refractivity contribution in [1.82, 2.24) is 5.32 Å². The van der Waals surface area contributed by atoms with Crippen LogP contribution in [0.4, 0.5) is 4.79 Å². The number of nitrogens with one attached hydrogen (secondary N) is 1. The Bertz CT molecular complexity index is 349. The summed E-state index contributed by atoms with van der Waals surface area (Å²) in [4.78, 5) is 32.0. The molecule has 0 saturated heterocycles. The van der Waals surface area contributed by atoms with Crippen LogP contribution in [0.3, 0.4) is 0 Å². The number of amidine groups is 1. The fourth-order valence-electron chi connectivity index (χ4n) is 0.783. The fourth-order valence-corrected chi connectivity index (χ4v) is 0.783. The van der Waals surface area contributed by atoms with Gasteiger partial charge in [0.2, 0.25) is 0 Å². The Balaban J connectivity index is 0. The molecule has 0 bridgehead atoms. The molecule has 0 fully saturated rings. The number of hydrogen-bond acceptors (Lipinski definition) is 4. The number of carbonyl (C=O) groups is 2. The molecule has 64 valence electrons. The minimum absolute atomic E-state index is 0. The van der Waals surface area contributed by atoms with Gasteiger partial charge in [-0.3, -0.25) is 10.1 Å². The van der Waals surface area contributed by atoms with E-state index in [0.29, 0.717) is 0 Å². The van der Waals surface area contributed by atoms with Crippen molar-refractivity contribution in [2.75, 3.05) is 0 Å². The Hall–Kier alpha value is 0.110. The van der Waals surface area contributed by atoms with Crippen molar-refractivity contribution >= 4 is 88.9 Å². The van der Waals surface area contributed by atoms with Crippen molar-refractivity contribution in [3.05, 3.63) is 0 Å². The molecular weight excluding hydrogens is 210 g/mol. The molecule has 2 aliphatic rings. The quantitative estimate of drug-likeness (QED) is 0.450. The molecule has 9 heteroatoms. The molecule has 0 aromatic heterocycles. The maximum atomic E-state index is 10.9. The molecule has 3 N–H and O–H groups in total. The molecule has 3 amide bonds. The van der Waals surface area contributed by atoms with Gasteiger partial charge in [0.25, 0.3) is 5.91 Å². The number of aliphatic imine (C=N–C) groups is 3. The van der Waals surface area contributed by atoms with Crippen molar-refractivity contribution in [3.8, 4) is 0 Å². The normalized spacial score (nSPS) is 16.3. The molecule has 0 aromatic carbocycles. The first kappa shape index (κ1) is 16.5. The van der Waals surface area contributed by atoms with Gasteiger partial charge in [-0.05, 0) is 0 Å². The van der Waals surface area contributed by atoms with E-state index in [0.717, 1.165) is 0 Å². The average Bonchev–Trinajstić information content (AvgIpc) is 2.34. The number of rotatable bonds is 0. The molecule has 14 heavy (non-hydrogen) atoms. The van der Waals surface area contributed by atoms with E-state index in [2.05, 4.69) is 15.0 Å². The van der Waals surface area contributed by atoms with Crippen LogP contribution in [0.2, 0.25) is 0 Å². The molecule has 0 atom stereocenters. The second-order valence-corrected chi connectivity index (χ2v) is 1.92. The molecule has 2 radical (unpaired) electrons. The average molecular weight is 214 g/mol. The third-order valence-electron chi connectivity index (χ3n) is 1.22. The first-order valence-electron chi connectivity index (χ1n) is 2.82. The van der Waals surface area contributed by atoms with Crippen molar-refractivity contribution in [1.29, 1.82) is 0 Å². The summed E-state index contributed by atoms with van der Waals surface area (Å²) in [6.07, 6.45) is 1.19. The fraction of sp³-hybridized carbons (Fsp3) is 0. The van der Waals surface area contributed by atoms with Crippen molar-refractivity contribution in [3.63, 3.8) is 0 Å². The summed E-state index contributed by atoms with van der Waals surface area (Å²) in [5.74, 6) is -0.448. The molecule has 0 aliphatic carbocycles. The van der Waals surface area contributed by atoms with Gasteiger partial charge < -0.3 is 5.48 Å². The largest absolute Gasteiger partial charge is 0.412 e. The standard InChI is InChI=1S/C5H2N4O2.2Na.H2O/c10-4-2-3(7-1-6-2)8-5(11)9-4;;;/h1H,(H,9,10,11);;;1H2. The van der Waals surface area contributed by atoms with Crippen LogP contribution in [0.1, 0.15) is 0 Å². The third kappa shape index (κ3) is 3.06. The zero-order chi connectivity index (χ0) is 7.84. The summed E-state index contributed by atoms with van der Waals surface area (Å²) in [6, 6.07) is -0.692. The van der Waals surface area contributed by atoms with Crippen LogP contribution >= 0.6 is 0 Å². The summed E-state index contributed by atoms with van der Waals surface area (Å²) >= 11 is 0. The molecule has 0 unspecified atom stereocenters. The van der Waals surface area contributed by atoms with Crippen molar-refractivity contribution in [2.24, 2.45) is 15.0 Å². The molecule has 2 heterocycles. The second kappa shape index (κ2) is 6.57. The van der Waals surface area contributed by atoms with Gasteiger partial charge in [-0.1, -0.05) is 0 Å². The third-order valence-corrected chi connectivity index (χ3v) is 1.22. The number of carbonyl (C=O) groups excluding carboxylic acids is 2. The van der Waals surface area contributed by atoms with E-state index in [-0.39, 0.29) is 76.1 Å². The minimum atomic E-state index is -0.692. The van der Waals surface area contributed by atoms with E-state index in [1.165, 1.54) is 6.34 Å². The van der Waals surface area contributed by atoms with E-state index in [4.69, 9.17) is 0 Å². The molecule has 2 aliphatic heterocycles. The Labute approximate surface area is 123 Å².